The molecule has 0 aliphatic carbocycles. The van der Waals surface area contributed by atoms with Crippen LogP contribution in [0.1, 0.15) is 23.7 Å². The van der Waals surface area contributed by atoms with Crippen LogP contribution in [0.4, 0.5) is 0 Å². The fourth-order valence-electron chi connectivity index (χ4n) is 2.25. The van der Waals surface area contributed by atoms with Crippen molar-refractivity contribution in [2.45, 2.75) is 19.2 Å². The van der Waals surface area contributed by atoms with E-state index in [0.717, 1.165) is 31.8 Å². The number of rotatable bonds is 2. The van der Waals surface area contributed by atoms with Crippen molar-refractivity contribution < 1.29 is 0 Å². The molecule has 1 atom stereocenters. The minimum Gasteiger partial charge on any atom is -0.278 e. The maximum absolute atomic E-state index is 6.32. The zero-order valence-electron chi connectivity index (χ0n) is 11.1. The van der Waals surface area contributed by atoms with Crippen molar-refractivity contribution in [3.05, 3.63) is 51.5 Å². The van der Waals surface area contributed by atoms with Crippen molar-refractivity contribution in [1.82, 2.24) is 14.5 Å². The summed E-state index contributed by atoms with van der Waals surface area (Å²) in [5.41, 5.74) is 3.95. The summed E-state index contributed by atoms with van der Waals surface area (Å²) in [5.74, 6) is 0.826. The Morgan fingerprint density at radius 3 is 2.70 bits per heavy atom. The van der Waals surface area contributed by atoms with E-state index in [1.807, 2.05) is 38.2 Å². The zero-order chi connectivity index (χ0) is 14.3. The van der Waals surface area contributed by atoms with Crippen LogP contribution in [0.25, 0.3) is 16.9 Å². The number of alkyl halides is 1. The largest absolute Gasteiger partial charge is 0.278 e. The van der Waals surface area contributed by atoms with Crippen molar-refractivity contribution in [2.75, 3.05) is 0 Å². The fourth-order valence-corrected chi connectivity index (χ4v) is 3.02. The summed E-state index contributed by atoms with van der Waals surface area (Å²) in [6.07, 6.45) is 1.81. The van der Waals surface area contributed by atoms with E-state index in [1.165, 1.54) is 0 Å². The van der Waals surface area contributed by atoms with E-state index >= 15 is 0 Å². The average molecular weight is 398 g/mol. The van der Waals surface area contributed by atoms with Gasteiger partial charge in [0.25, 0.3) is 0 Å². The number of fused-ring (bicyclic) bond motifs is 1. The molecule has 3 rings (SSSR count). The smallest absolute Gasteiger partial charge is 0.165 e. The first-order valence-corrected chi connectivity index (χ1v) is 7.84. The Balaban J connectivity index is 2.42. The standard InChI is InChI=1S/C15H13ClIN3/c1-9-7-8-18-15-13(9)19-14(10(2)16)20(15)12-6-4-3-5-11(12)17/h3-8,10H,1-2H3. The molecule has 0 fully saturated rings. The van der Waals surface area contributed by atoms with Gasteiger partial charge in [-0.1, -0.05) is 12.1 Å². The molecule has 0 saturated heterocycles. The molecule has 1 aromatic carbocycles. The summed E-state index contributed by atoms with van der Waals surface area (Å²) in [6.45, 7) is 3.98. The Hall–Kier alpha value is -1.14. The zero-order valence-corrected chi connectivity index (χ0v) is 14.1. The first-order valence-electron chi connectivity index (χ1n) is 6.32. The van der Waals surface area contributed by atoms with Crippen molar-refractivity contribution in [3.8, 4) is 5.69 Å². The van der Waals surface area contributed by atoms with E-state index in [-0.39, 0.29) is 5.38 Å². The summed E-state index contributed by atoms with van der Waals surface area (Å²) in [5, 5.41) is -0.181. The molecular weight excluding hydrogens is 385 g/mol. The third-order valence-corrected chi connectivity index (χ3v) is 4.33. The molecule has 1 unspecified atom stereocenters. The SMILES string of the molecule is Cc1ccnc2c1nc(C(C)Cl)n2-c1ccccc1I. The highest BCUT2D eigenvalue weighted by atomic mass is 127. The molecule has 0 bridgehead atoms. The number of aryl methyl sites for hydroxylation is 1. The third kappa shape index (κ3) is 2.20. The molecule has 3 aromatic rings. The molecule has 0 saturated carbocycles. The van der Waals surface area contributed by atoms with E-state index in [0.29, 0.717) is 0 Å². The third-order valence-electron chi connectivity index (χ3n) is 3.22. The predicted octanol–water partition coefficient (Wildman–Crippen LogP) is 4.63. The molecule has 0 N–H and O–H groups in total. The fraction of sp³-hybridized carbons (Fsp3) is 0.200. The summed E-state index contributed by atoms with van der Waals surface area (Å²) < 4.78 is 3.20. The number of pyridine rings is 1. The summed E-state index contributed by atoms with van der Waals surface area (Å²) >= 11 is 8.64. The van der Waals surface area contributed by atoms with Gasteiger partial charge < -0.3 is 0 Å². The number of para-hydroxylation sites is 1. The lowest BCUT2D eigenvalue weighted by Crippen LogP contribution is -2.04. The Bertz CT molecular complexity index is 780. The van der Waals surface area contributed by atoms with Gasteiger partial charge in [0.05, 0.1) is 11.1 Å². The summed E-state index contributed by atoms with van der Waals surface area (Å²) in [4.78, 5) is 9.20. The van der Waals surface area contributed by atoms with Gasteiger partial charge in [0.15, 0.2) is 5.65 Å². The Morgan fingerprint density at radius 2 is 2.00 bits per heavy atom. The molecule has 2 heterocycles. The lowest BCUT2D eigenvalue weighted by Gasteiger charge is -2.11. The van der Waals surface area contributed by atoms with Gasteiger partial charge in [0.1, 0.15) is 11.3 Å². The van der Waals surface area contributed by atoms with E-state index in [9.17, 15) is 0 Å². The van der Waals surface area contributed by atoms with Crippen LogP contribution in [0, 0.1) is 10.5 Å². The van der Waals surface area contributed by atoms with Crippen LogP contribution in [0.3, 0.4) is 0 Å². The van der Waals surface area contributed by atoms with Gasteiger partial charge in [-0.3, -0.25) is 4.57 Å². The monoisotopic (exact) mass is 397 g/mol. The van der Waals surface area contributed by atoms with Crippen LogP contribution >= 0.6 is 34.2 Å². The number of aromatic nitrogens is 3. The van der Waals surface area contributed by atoms with Crippen molar-refractivity contribution >= 4 is 45.4 Å². The highest BCUT2D eigenvalue weighted by molar-refractivity contribution is 14.1. The number of hydrogen-bond acceptors (Lipinski definition) is 2. The first-order chi connectivity index (χ1) is 9.59. The molecule has 20 heavy (non-hydrogen) atoms. The average Bonchev–Trinajstić information content (AvgIpc) is 2.80. The van der Waals surface area contributed by atoms with Crippen molar-refractivity contribution in [1.29, 1.82) is 0 Å². The number of hydrogen-bond donors (Lipinski definition) is 0. The van der Waals surface area contributed by atoms with Crippen molar-refractivity contribution in [3.63, 3.8) is 0 Å². The molecule has 0 aliphatic rings. The number of benzene rings is 1. The van der Waals surface area contributed by atoms with E-state index < -0.39 is 0 Å². The molecule has 0 radical (unpaired) electrons. The second-order valence-electron chi connectivity index (χ2n) is 4.67. The van der Waals surface area contributed by atoms with Gasteiger partial charge in [0, 0.05) is 9.77 Å². The number of imidazole rings is 1. The lowest BCUT2D eigenvalue weighted by atomic mass is 10.2. The minimum atomic E-state index is -0.181. The van der Waals surface area contributed by atoms with Gasteiger partial charge in [-0.25, -0.2) is 9.97 Å². The summed E-state index contributed by atoms with van der Waals surface area (Å²) in [7, 11) is 0. The van der Waals surface area contributed by atoms with Crippen LogP contribution in [0.5, 0.6) is 0 Å². The van der Waals surface area contributed by atoms with E-state index in [1.54, 1.807) is 0 Å². The quantitative estimate of drug-likeness (QED) is 0.466. The number of halogens is 2. The maximum Gasteiger partial charge on any atom is 0.165 e. The first kappa shape index (κ1) is 13.8. The second-order valence-corrected chi connectivity index (χ2v) is 6.49. The van der Waals surface area contributed by atoms with Crippen LogP contribution in [-0.4, -0.2) is 14.5 Å². The molecule has 2 aromatic heterocycles. The van der Waals surface area contributed by atoms with Crippen LogP contribution in [0.2, 0.25) is 0 Å². The van der Waals surface area contributed by atoms with Gasteiger partial charge >= 0.3 is 0 Å². The highest BCUT2D eigenvalue weighted by Crippen LogP contribution is 2.30. The molecule has 102 valence electrons. The van der Waals surface area contributed by atoms with Gasteiger partial charge in [-0.15, -0.1) is 11.6 Å². The van der Waals surface area contributed by atoms with Crippen LogP contribution in [0.15, 0.2) is 36.5 Å². The molecule has 0 spiro atoms. The van der Waals surface area contributed by atoms with Gasteiger partial charge in [0.2, 0.25) is 0 Å². The topological polar surface area (TPSA) is 30.7 Å². The lowest BCUT2D eigenvalue weighted by molar-refractivity contribution is 0.874. The normalized spacial score (nSPS) is 12.8. The molecular formula is C15H13ClIN3. The summed E-state index contributed by atoms with van der Waals surface area (Å²) in [6, 6.07) is 10.1. The predicted molar refractivity (Wildman–Crippen MR) is 90.6 cm³/mol. The van der Waals surface area contributed by atoms with Gasteiger partial charge in [-0.05, 0) is 60.2 Å². The van der Waals surface area contributed by atoms with Crippen LogP contribution < -0.4 is 0 Å². The highest BCUT2D eigenvalue weighted by Gasteiger charge is 2.19. The van der Waals surface area contributed by atoms with Crippen LogP contribution in [-0.2, 0) is 0 Å². The second kappa shape index (κ2) is 5.33. The molecule has 5 heteroatoms. The molecule has 3 nitrogen and oxygen atoms in total. The minimum absolute atomic E-state index is 0.181. The van der Waals surface area contributed by atoms with Gasteiger partial charge in [-0.2, -0.15) is 0 Å². The van der Waals surface area contributed by atoms with E-state index in [4.69, 9.17) is 16.6 Å². The molecule has 0 aliphatic heterocycles. The Morgan fingerprint density at radius 1 is 1.25 bits per heavy atom. The molecule has 0 amide bonds. The maximum atomic E-state index is 6.32. The Labute approximate surface area is 136 Å². The Kier molecular flexibility index (Phi) is 3.69. The van der Waals surface area contributed by atoms with Crippen molar-refractivity contribution in [2.24, 2.45) is 0 Å². The number of nitrogens with zero attached hydrogens (tertiary/aromatic N) is 3. The van der Waals surface area contributed by atoms with E-state index in [2.05, 4.69) is 44.3 Å².